The van der Waals surface area contributed by atoms with Crippen molar-refractivity contribution in [2.24, 2.45) is 0 Å². The van der Waals surface area contributed by atoms with Crippen LogP contribution in [0.15, 0.2) is 143 Å². The van der Waals surface area contributed by atoms with Crippen LogP contribution >= 0.6 is 11.8 Å². The van der Waals surface area contributed by atoms with E-state index < -0.39 is 0 Å². The zero-order valence-corrected chi connectivity index (χ0v) is 21.9. The Morgan fingerprint density at radius 3 is 1.85 bits per heavy atom. The van der Waals surface area contributed by atoms with E-state index in [2.05, 4.69) is 133 Å². The molecule has 1 aliphatic heterocycles. The molecule has 0 radical (unpaired) electrons. The van der Waals surface area contributed by atoms with E-state index >= 15 is 0 Å². The van der Waals surface area contributed by atoms with Crippen LogP contribution in [-0.2, 0) is 0 Å². The average molecular weight is 511 g/mol. The molecule has 8 aromatic carbocycles. The molecule has 1 heterocycles. The first-order chi connectivity index (χ1) is 19.3. The smallest absolute Gasteiger partial charge is 0.0207 e. The Kier molecular flexibility index (Phi) is 4.36. The lowest BCUT2D eigenvalue weighted by Crippen LogP contribution is -1.93. The summed E-state index contributed by atoms with van der Waals surface area (Å²) < 4.78 is 0. The first kappa shape index (κ1) is 21.4. The second-order valence-corrected chi connectivity index (χ2v) is 11.6. The van der Waals surface area contributed by atoms with Crippen molar-refractivity contribution in [3.63, 3.8) is 0 Å². The van der Waals surface area contributed by atoms with Gasteiger partial charge >= 0.3 is 0 Å². The van der Waals surface area contributed by atoms with Gasteiger partial charge in [0.1, 0.15) is 0 Å². The summed E-state index contributed by atoms with van der Waals surface area (Å²) in [7, 11) is 0. The number of rotatable bonds is 2. The minimum atomic E-state index is 1.25. The van der Waals surface area contributed by atoms with Crippen LogP contribution in [0.25, 0.3) is 76.5 Å². The topological polar surface area (TPSA) is 0 Å². The number of benzene rings is 8. The van der Waals surface area contributed by atoms with Crippen LogP contribution in [0.1, 0.15) is 0 Å². The fourth-order valence-electron chi connectivity index (χ4n) is 6.60. The number of hydrogen-bond acceptors (Lipinski definition) is 1. The molecule has 0 atom stereocenters. The Morgan fingerprint density at radius 2 is 0.974 bits per heavy atom. The Morgan fingerprint density at radius 1 is 0.333 bits per heavy atom. The molecule has 0 amide bonds. The van der Waals surface area contributed by atoms with Gasteiger partial charge in [0.2, 0.25) is 0 Å². The molecule has 0 fully saturated rings. The lowest BCUT2D eigenvalue weighted by Gasteiger charge is -2.21. The van der Waals surface area contributed by atoms with Crippen molar-refractivity contribution in [1.82, 2.24) is 0 Å². The molecule has 0 N–H and O–H groups in total. The van der Waals surface area contributed by atoms with E-state index in [0.29, 0.717) is 0 Å². The van der Waals surface area contributed by atoms with E-state index in [1.54, 1.807) is 0 Å². The fraction of sp³-hybridized carbons (Fsp3) is 0. The SMILES string of the molecule is c1cc(-c2ccc3c(c2)-c2cccc4cccc(c24)S3)cc(-c2ccc3ccc4cccc5ccc2c3c45)c1. The maximum Gasteiger partial charge on any atom is 0.0207 e. The minimum absolute atomic E-state index is 1.25. The lowest BCUT2D eigenvalue weighted by atomic mass is 9.89. The maximum absolute atomic E-state index is 2.39. The highest BCUT2D eigenvalue weighted by atomic mass is 32.2. The monoisotopic (exact) mass is 510 g/mol. The highest BCUT2D eigenvalue weighted by Gasteiger charge is 2.19. The second-order valence-electron chi connectivity index (χ2n) is 10.5. The van der Waals surface area contributed by atoms with E-state index in [9.17, 15) is 0 Å². The Balaban J connectivity index is 1.22. The van der Waals surface area contributed by atoms with Crippen LogP contribution < -0.4 is 0 Å². The Bertz CT molecular complexity index is 2230. The first-order valence-corrected chi connectivity index (χ1v) is 14.2. The van der Waals surface area contributed by atoms with E-state index in [1.807, 2.05) is 11.8 Å². The third kappa shape index (κ3) is 3.08. The highest BCUT2D eigenvalue weighted by Crippen LogP contribution is 2.49. The fourth-order valence-corrected chi connectivity index (χ4v) is 7.73. The molecule has 0 bridgehead atoms. The molecule has 1 aliphatic rings. The minimum Gasteiger partial charge on any atom is -0.0888 e. The predicted molar refractivity (Wildman–Crippen MR) is 168 cm³/mol. The summed E-state index contributed by atoms with van der Waals surface area (Å²) in [6, 6.07) is 49.6. The summed E-state index contributed by atoms with van der Waals surface area (Å²) in [5.74, 6) is 0. The molecule has 39 heavy (non-hydrogen) atoms. The van der Waals surface area contributed by atoms with Crippen molar-refractivity contribution >= 4 is 54.9 Å². The molecule has 0 spiro atoms. The van der Waals surface area contributed by atoms with Crippen LogP contribution in [-0.4, -0.2) is 0 Å². The molecular formula is C38H22S. The summed E-state index contributed by atoms with van der Waals surface area (Å²) in [5, 5.41) is 10.6. The van der Waals surface area contributed by atoms with Crippen molar-refractivity contribution in [3.8, 4) is 33.4 Å². The first-order valence-electron chi connectivity index (χ1n) is 13.4. The van der Waals surface area contributed by atoms with E-state index in [4.69, 9.17) is 0 Å². The van der Waals surface area contributed by atoms with Gasteiger partial charge in [-0.2, -0.15) is 0 Å². The molecule has 0 aliphatic carbocycles. The zero-order chi connectivity index (χ0) is 25.5. The highest BCUT2D eigenvalue weighted by molar-refractivity contribution is 7.99. The quantitative estimate of drug-likeness (QED) is 0.208. The van der Waals surface area contributed by atoms with Gasteiger partial charge in [-0.05, 0) is 95.3 Å². The van der Waals surface area contributed by atoms with Gasteiger partial charge in [0, 0.05) is 15.2 Å². The number of fused-ring (bicyclic) bond motifs is 2. The maximum atomic E-state index is 2.39. The molecule has 0 unspecified atom stereocenters. The van der Waals surface area contributed by atoms with Gasteiger partial charge in [-0.3, -0.25) is 0 Å². The summed E-state index contributed by atoms with van der Waals surface area (Å²) in [5.41, 5.74) is 7.71. The normalized spacial score (nSPS) is 12.5. The van der Waals surface area contributed by atoms with E-state index in [-0.39, 0.29) is 0 Å². The van der Waals surface area contributed by atoms with Crippen molar-refractivity contribution in [2.45, 2.75) is 9.79 Å². The summed E-state index contributed by atoms with van der Waals surface area (Å²) >= 11 is 1.88. The van der Waals surface area contributed by atoms with Crippen LogP contribution in [0.3, 0.4) is 0 Å². The van der Waals surface area contributed by atoms with E-state index in [0.717, 1.165) is 0 Å². The van der Waals surface area contributed by atoms with Crippen molar-refractivity contribution < 1.29 is 0 Å². The summed E-state index contributed by atoms with van der Waals surface area (Å²) in [6.07, 6.45) is 0. The van der Waals surface area contributed by atoms with Gasteiger partial charge in [0.25, 0.3) is 0 Å². The molecule has 0 nitrogen and oxygen atoms in total. The van der Waals surface area contributed by atoms with Crippen LogP contribution in [0.4, 0.5) is 0 Å². The molecule has 0 saturated carbocycles. The molecule has 0 saturated heterocycles. The number of hydrogen-bond donors (Lipinski definition) is 0. The Hall–Kier alpha value is -4.59. The predicted octanol–water partition coefficient (Wildman–Crippen LogP) is 11.2. The molecule has 1 heteroatoms. The molecular weight excluding hydrogens is 488 g/mol. The van der Waals surface area contributed by atoms with Crippen molar-refractivity contribution in [2.75, 3.05) is 0 Å². The third-order valence-corrected chi connectivity index (χ3v) is 9.53. The summed E-state index contributed by atoms with van der Waals surface area (Å²) in [4.78, 5) is 2.67. The standard InChI is InChI=1S/C38H22S/c1-5-24-13-14-26-15-18-30(32-19-16-25(6-1)36(24)38(26)32)29-10-2-9-27(21-29)28-17-20-34-33(22-28)31-11-3-7-23-8-4-12-35(39-34)37(23)31/h1-22H. The van der Waals surface area contributed by atoms with Crippen molar-refractivity contribution in [1.29, 1.82) is 0 Å². The van der Waals surface area contributed by atoms with Crippen LogP contribution in [0.2, 0.25) is 0 Å². The molecule has 8 aromatic rings. The van der Waals surface area contributed by atoms with Gasteiger partial charge in [-0.15, -0.1) is 0 Å². The zero-order valence-electron chi connectivity index (χ0n) is 21.1. The molecule has 180 valence electrons. The van der Waals surface area contributed by atoms with Gasteiger partial charge in [-0.1, -0.05) is 121 Å². The third-order valence-electron chi connectivity index (χ3n) is 8.39. The van der Waals surface area contributed by atoms with Gasteiger partial charge in [0.15, 0.2) is 0 Å². The van der Waals surface area contributed by atoms with Gasteiger partial charge in [-0.25, -0.2) is 0 Å². The average Bonchev–Trinajstić information content (AvgIpc) is 3.00. The molecule has 0 aromatic heterocycles. The summed E-state index contributed by atoms with van der Waals surface area (Å²) in [6.45, 7) is 0. The second kappa shape index (κ2) is 7.96. The van der Waals surface area contributed by atoms with E-state index in [1.165, 1.54) is 86.3 Å². The lowest BCUT2D eigenvalue weighted by molar-refractivity contribution is 1.39. The molecule has 9 rings (SSSR count). The van der Waals surface area contributed by atoms with Gasteiger partial charge in [0.05, 0.1) is 0 Å². The van der Waals surface area contributed by atoms with Crippen LogP contribution in [0.5, 0.6) is 0 Å². The van der Waals surface area contributed by atoms with Crippen LogP contribution in [0, 0.1) is 0 Å². The van der Waals surface area contributed by atoms with Gasteiger partial charge < -0.3 is 0 Å². The van der Waals surface area contributed by atoms with Crippen molar-refractivity contribution in [3.05, 3.63) is 133 Å². The Labute approximate surface area is 230 Å². The largest absolute Gasteiger partial charge is 0.0888 e.